The van der Waals surface area contributed by atoms with E-state index in [-0.39, 0.29) is 6.61 Å². The van der Waals surface area contributed by atoms with Crippen LogP contribution in [0, 0.1) is 0 Å². The number of rotatable bonds is 2. The largest absolute Gasteiger partial charge is 0.394 e. The molecular weight excluding hydrogens is 238 g/mol. The molecule has 0 spiro atoms. The summed E-state index contributed by atoms with van der Waals surface area (Å²) < 4.78 is 7.22. The number of imidazole rings is 1. The van der Waals surface area contributed by atoms with Crippen LogP contribution in [0.5, 0.6) is 0 Å². The Labute approximate surface area is 102 Å². The summed E-state index contributed by atoms with van der Waals surface area (Å²) in [5.74, 6) is 0.302. The topological polar surface area (TPSA) is 119 Å². The first kappa shape index (κ1) is 11.3. The Hall–Kier alpha value is -1.77. The second-order valence-corrected chi connectivity index (χ2v) is 4.20. The summed E-state index contributed by atoms with van der Waals surface area (Å²) >= 11 is 0. The second-order valence-electron chi connectivity index (χ2n) is 4.20. The van der Waals surface area contributed by atoms with Crippen molar-refractivity contribution in [2.45, 2.75) is 24.9 Å². The molecule has 2 aromatic heterocycles. The first-order valence-corrected chi connectivity index (χ1v) is 5.58. The van der Waals surface area contributed by atoms with Crippen molar-refractivity contribution < 1.29 is 14.9 Å². The minimum absolute atomic E-state index is 0.221. The molecule has 0 bridgehead atoms. The van der Waals surface area contributed by atoms with Gasteiger partial charge in [0.2, 0.25) is 0 Å². The summed E-state index contributed by atoms with van der Waals surface area (Å²) in [6.45, 7) is -0.221. The van der Waals surface area contributed by atoms with Gasteiger partial charge in [0.05, 0.1) is 19.0 Å². The number of nitrogens with zero attached hydrogens (tertiary/aromatic N) is 4. The molecule has 1 fully saturated rings. The van der Waals surface area contributed by atoms with Gasteiger partial charge in [-0.25, -0.2) is 15.0 Å². The zero-order valence-electron chi connectivity index (χ0n) is 9.47. The van der Waals surface area contributed by atoms with Crippen LogP contribution in [0.3, 0.4) is 0 Å². The molecule has 0 unspecified atom stereocenters. The molecule has 1 saturated heterocycles. The van der Waals surface area contributed by atoms with Gasteiger partial charge in [-0.2, -0.15) is 0 Å². The van der Waals surface area contributed by atoms with Gasteiger partial charge in [0, 0.05) is 6.42 Å². The lowest BCUT2D eigenvalue weighted by atomic mass is 10.2. The normalized spacial score (nSPS) is 28.0. The quantitative estimate of drug-likeness (QED) is 0.629. The van der Waals surface area contributed by atoms with Crippen LogP contribution in [-0.4, -0.2) is 48.5 Å². The van der Waals surface area contributed by atoms with Gasteiger partial charge in [0.25, 0.3) is 0 Å². The molecule has 0 aliphatic carbocycles. The van der Waals surface area contributed by atoms with Gasteiger partial charge >= 0.3 is 0 Å². The molecule has 0 radical (unpaired) electrons. The van der Waals surface area contributed by atoms with E-state index in [2.05, 4.69) is 15.0 Å². The Morgan fingerprint density at radius 1 is 1.44 bits per heavy atom. The Balaban J connectivity index is 1.99. The summed E-state index contributed by atoms with van der Waals surface area (Å²) in [7, 11) is 0. The predicted molar refractivity (Wildman–Crippen MR) is 61.4 cm³/mol. The molecule has 4 N–H and O–H groups in total. The van der Waals surface area contributed by atoms with Crippen LogP contribution in [-0.2, 0) is 4.74 Å². The van der Waals surface area contributed by atoms with E-state index < -0.39 is 18.4 Å². The smallest absolute Gasteiger partial charge is 0.167 e. The minimum Gasteiger partial charge on any atom is -0.394 e. The summed E-state index contributed by atoms with van der Waals surface area (Å²) in [4.78, 5) is 12.1. The lowest BCUT2D eigenvalue weighted by Crippen LogP contribution is -2.24. The van der Waals surface area contributed by atoms with Gasteiger partial charge in [0.15, 0.2) is 11.5 Å². The number of nitrogen functional groups attached to an aromatic ring is 1. The number of hydrogen-bond donors (Lipinski definition) is 3. The van der Waals surface area contributed by atoms with Crippen LogP contribution in [0.25, 0.3) is 11.2 Å². The molecule has 1 aliphatic rings. The molecule has 3 rings (SSSR count). The number of nitrogens with two attached hydrogens (primary N) is 1. The number of aromatic nitrogens is 4. The average Bonchev–Trinajstić information content (AvgIpc) is 2.93. The first-order chi connectivity index (χ1) is 8.70. The maximum absolute atomic E-state index is 9.71. The lowest BCUT2D eigenvalue weighted by Gasteiger charge is -2.13. The highest BCUT2D eigenvalue weighted by Crippen LogP contribution is 2.30. The molecule has 8 heteroatoms. The third-order valence-electron chi connectivity index (χ3n) is 3.08. The van der Waals surface area contributed by atoms with Crippen molar-refractivity contribution in [3.05, 3.63) is 12.7 Å². The van der Waals surface area contributed by atoms with Crippen molar-refractivity contribution >= 4 is 17.0 Å². The highest BCUT2D eigenvalue weighted by molar-refractivity contribution is 5.81. The number of hydrogen-bond acceptors (Lipinski definition) is 7. The van der Waals surface area contributed by atoms with Crippen molar-refractivity contribution in [2.24, 2.45) is 0 Å². The van der Waals surface area contributed by atoms with Crippen LogP contribution in [0.2, 0.25) is 0 Å². The fourth-order valence-corrected chi connectivity index (χ4v) is 2.13. The van der Waals surface area contributed by atoms with Gasteiger partial charge in [-0.3, -0.25) is 4.57 Å². The molecule has 0 amide bonds. The fraction of sp³-hybridized carbons (Fsp3) is 0.500. The summed E-state index contributed by atoms with van der Waals surface area (Å²) in [5.41, 5.74) is 6.75. The maximum Gasteiger partial charge on any atom is 0.167 e. The van der Waals surface area contributed by atoms with Gasteiger partial charge in [-0.05, 0) is 0 Å². The van der Waals surface area contributed by atoms with Crippen LogP contribution < -0.4 is 5.73 Å². The van der Waals surface area contributed by atoms with Crippen LogP contribution >= 0.6 is 0 Å². The Morgan fingerprint density at radius 3 is 3.00 bits per heavy atom. The zero-order chi connectivity index (χ0) is 12.7. The Morgan fingerprint density at radius 2 is 2.28 bits per heavy atom. The molecule has 1 aliphatic heterocycles. The number of aliphatic hydroxyl groups is 2. The van der Waals surface area contributed by atoms with Crippen molar-refractivity contribution in [2.75, 3.05) is 12.3 Å². The number of fused-ring (bicyclic) bond motifs is 1. The average molecular weight is 251 g/mol. The predicted octanol–water partition coefficient (Wildman–Crippen LogP) is -0.951. The molecule has 3 atom stereocenters. The van der Waals surface area contributed by atoms with Crippen molar-refractivity contribution in [3.63, 3.8) is 0 Å². The SMILES string of the molecule is Nc1ncnc2c1ncn2[C@@H]1C[C@H](O)[C@H](CO)O1. The molecule has 96 valence electrons. The molecule has 3 heterocycles. The molecule has 8 nitrogen and oxygen atoms in total. The van der Waals surface area contributed by atoms with E-state index in [1.807, 2.05) is 0 Å². The van der Waals surface area contributed by atoms with Gasteiger partial charge in [0.1, 0.15) is 24.2 Å². The van der Waals surface area contributed by atoms with E-state index in [0.717, 1.165) is 0 Å². The zero-order valence-corrected chi connectivity index (χ0v) is 9.47. The first-order valence-electron chi connectivity index (χ1n) is 5.58. The molecule has 0 aromatic carbocycles. The minimum atomic E-state index is -0.698. The van der Waals surface area contributed by atoms with Gasteiger partial charge < -0.3 is 20.7 Å². The number of anilines is 1. The third-order valence-corrected chi connectivity index (χ3v) is 3.08. The van der Waals surface area contributed by atoms with Gasteiger partial charge in [-0.1, -0.05) is 0 Å². The van der Waals surface area contributed by atoms with E-state index in [1.165, 1.54) is 6.33 Å². The standard InChI is InChI=1S/C10H13N5O3/c11-9-8-10(13-3-12-9)15(4-14-8)7-1-5(17)6(2-16)18-7/h3-7,16-17H,1-2H2,(H2,11,12,13)/t5-,6-,7-/m0/s1. The van der Waals surface area contributed by atoms with E-state index in [1.54, 1.807) is 10.9 Å². The van der Waals surface area contributed by atoms with Gasteiger partial charge in [-0.15, -0.1) is 0 Å². The number of aliphatic hydroxyl groups excluding tert-OH is 2. The highest BCUT2D eigenvalue weighted by Gasteiger charge is 2.35. The maximum atomic E-state index is 9.71. The van der Waals surface area contributed by atoms with Crippen LogP contribution in [0.4, 0.5) is 5.82 Å². The summed E-state index contributed by atoms with van der Waals surface area (Å²) in [6, 6.07) is 0. The number of ether oxygens (including phenoxy) is 1. The van der Waals surface area contributed by atoms with E-state index in [9.17, 15) is 5.11 Å². The van der Waals surface area contributed by atoms with E-state index >= 15 is 0 Å². The lowest BCUT2D eigenvalue weighted by molar-refractivity contribution is -0.0432. The van der Waals surface area contributed by atoms with Crippen LogP contribution in [0.15, 0.2) is 12.7 Å². The second kappa shape index (κ2) is 4.16. The summed E-state index contributed by atoms with van der Waals surface area (Å²) in [5, 5.41) is 18.8. The van der Waals surface area contributed by atoms with E-state index in [4.69, 9.17) is 15.6 Å². The summed E-state index contributed by atoms with van der Waals surface area (Å²) in [6.07, 6.45) is 1.60. The van der Waals surface area contributed by atoms with Crippen LogP contribution in [0.1, 0.15) is 12.6 Å². The van der Waals surface area contributed by atoms with E-state index in [0.29, 0.717) is 23.4 Å². The highest BCUT2D eigenvalue weighted by atomic mass is 16.5. The molecule has 18 heavy (non-hydrogen) atoms. The van der Waals surface area contributed by atoms with Crippen molar-refractivity contribution in [1.29, 1.82) is 0 Å². The monoisotopic (exact) mass is 251 g/mol. The van der Waals surface area contributed by atoms with Crippen molar-refractivity contribution in [1.82, 2.24) is 19.5 Å². The Kier molecular flexibility index (Phi) is 2.62. The molecular formula is C10H13N5O3. The fourth-order valence-electron chi connectivity index (χ4n) is 2.13. The molecule has 0 saturated carbocycles. The Bertz CT molecular complexity index is 572. The molecule has 2 aromatic rings. The van der Waals surface area contributed by atoms with Crippen molar-refractivity contribution in [3.8, 4) is 0 Å². The third kappa shape index (κ3) is 1.62.